The highest BCUT2D eigenvalue weighted by atomic mass is 35.5. The van der Waals surface area contributed by atoms with E-state index in [4.69, 9.17) is 5.73 Å². The van der Waals surface area contributed by atoms with Gasteiger partial charge in [0.05, 0.1) is 12.1 Å². The molecule has 16 heavy (non-hydrogen) atoms. The van der Waals surface area contributed by atoms with Crippen LogP contribution in [-0.4, -0.2) is 11.2 Å². The van der Waals surface area contributed by atoms with Crippen LogP contribution < -0.4 is 5.73 Å². The molecule has 0 aliphatic rings. The average Bonchev–Trinajstić information content (AvgIpc) is 2.17. The lowest BCUT2D eigenvalue weighted by Crippen LogP contribution is -2.27. The third-order valence-corrected chi connectivity index (χ3v) is 2.33. The fraction of sp³-hybridized carbons (Fsp3) is 0.455. The minimum atomic E-state index is -1.01. The van der Waals surface area contributed by atoms with E-state index in [0.717, 1.165) is 12.1 Å². The first-order valence-electron chi connectivity index (χ1n) is 4.95. The van der Waals surface area contributed by atoms with Gasteiger partial charge in [-0.2, -0.15) is 0 Å². The third kappa shape index (κ3) is 3.40. The van der Waals surface area contributed by atoms with Crippen LogP contribution in [0, 0.1) is 11.6 Å². The summed E-state index contributed by atoms with van der Waals surface area (Å²) in [6, 6.07) is 2.53. The molecule has 92 valence electrons. The van der Waals surface area contributed by atoms with Gasteiger partial charge in [-0.25, -0.2) is 8.78 Å². The second-order valence-electron chi connectivity index (χ2n) is 3.52. The molecule has 0 radical (unpaired) electrons. The summed E-state index contributed by atoms with van der Waals surface area (Å²) >= 11 is 0. The first kappa shape index (κ1) is 15.3. The van der Waals surface area contributed by atoms with Crippen LogP contribution in [0.2, 0.25) is 0 Å². The Morgan fingerprint density at radius 2 is 1.81 bits per heavy atom. The number of aliphatic hydroxyl groups is 1. The molecule has 0 fully saturated rings. The molecular formula is C11H16ClF2NO. The van der Waals surface area contributed by atoms with Gasteiger partial charge in [-0.1, -0.05) is 19.4 Å². The fourth-order valence-electron chi connectivity index (χ4n) is 1.50. The van der Waals surface area contributed by atoms with Crippen molar-refractivity contribution in [3.8, 4) is 0 Å². The monoisotopic (exact) mass is 251 g/mol. The predicted molar refractivity (Wildman–Crippen MR) is 61.4 cm³/mol. The Balaban J connectivity index is 0.00000225. The largest absolute Gasteiger partial charge is 0.391 e. The van der Waals surface area contributed by atoms with Gasteiger partial charge in [-0.05, 0) is 18.6 Å². The first-order valence-corrected chi connectivity index (χ1v) is 4.95. The van der Waals surface area contributed by atoms with Gasteiger partial charge in [0.1, 0.15) is 11.6 Å². The molecule has 1 aromatic rings. The molecule has 0 aliphatic heterocycles. The average molecular weight is 252 g/mol. The maximum atomic E-state index is 13.3. The van der Waals surface area contributed by atoms with Crippen molar-refractivity contribution in [3.63, 3.8) is 0 Å². The molecule has 2 nitrogen and oxygen atoms in total. The molecule has 2 atom stereocenters. The van der Waals surface area contributed by atoms with Crippen LogP contribution in [-0.2, 0) is 0 Å². The highest BCUT2D eigenvalue weighted by Gasteiger charge is 2.22. The molecule has 0 aromatic heterocycles. The van der Waals surface area contributed by atoms with Crippen molar-refractivity contribution in [1.29, 1.82) is 0 Å². The Bertz CT molecular complexity index is 316. The van der Waals surface area contributed by atoms with Crippen molar-refractivity contribution >= 4 is 12.4 Å². The van der Waals surface area contributed by atoms with Crippen LogP contribution in [0.25, 0.3) is 0 Å². The van der Waals surface area contributed by atoms with E-state index in [-0.39, 0.29) is 18.0 Å². The van der Waals surface area contributed by atoms with Crippen LogP contribution in [0.1, 0.15) is 31.4 Å². The predicted octanol–water partition coefficient (Wildman–Crippen LogP) is 2.55. The minimum Gasteiger partial charge on any atom is -0.391 e. The van der Waals surface area contributed by atoms with Crippen LogP contribution in [0.4, 0.5) is 8.78 Å². The molecule has 0 saturated carbocycles. The quantitative estimate of drug-likeness (QED) is 0.864. The van der Waals surface area contributed by atoms with E-state index in [2.05, 4.69) is 0 Å². The van der Waals surface area contributed by atoms with E-state index in [1.165, 1.54) is 6.07 Å². The van der Waals surface area contributed by atoms with Crippen LogP contribution in [0.3, 0.4) is 0 Å². The molecule has 1 aromatic carbocycles. The molecule has 0 bridgehead atoms. The van der Waals surface area contributed by atoms with Crippen molar-refractivity contribution in [1.82, 2.24) is 0 Å². The summed E-state index contributed by atoms with van der Waals surface area (Å²) in [7, 11) is 0. The molecule has 0 heterocycles. The second-order valence-corrected chi connectivity index (χ2v) is 3.52. The summed E-state index contributed by atoms with van der Waals surface area (Å²) in [6.07, 6.45) is 0.223. The highest BCUT2D eigenvalue weighted by molar-refractivity contribution is 5.85. The first-order chi connectivity index (χ1) is 7.07. The molecule has 5 heteroatoms. The van der Waals surface area contributed by atoms with Gasteiger partial charge >= 0.3 is 0 Å². The lowest BCUT2D eigenvalue weighted by Gasteiger charge is -2.19. The fourth-order valence-corrected chi connectivity index (χ4v) is 1.50. The van der Waals surface area contributed by atoms with E-state index in [0.29, 0.717) is 12.8 Å². The van der Waals surface area contributed by atoms with E-state index < -0.39 is 23.8 Å². The van der Waals surface area contributed by atoms with Gasteiger partial charge in [0, 0.05) is 5.56 Å². The smallest absolute Gasteiger partial charge is 0.131 e. The summed E-state index contributed by atoms with van der Waals surface area (Å²) in [5, 5.41) is 9.56. The zero-order valence-corrected chi connectivity index (χ0v) is 9.81. The molecule has 0 amide bonds. The topological polar surface area (TPSA) is 46.2 Å². The Kier molecular flexibility index (Phi) is 6.48. The molecule has 3 N–H and O–H groups in total. The third-order valence-electron chi connectivity index (χ3n) is 2.33. The van der Waals surface area contributed by atoms with Crippen molar-refractivity contribution in [3.05, 3.63) is 35.4 Å². The maximum Gasteiger partial charge on any atom is 0.131 e. The molecule has 0 aliphatic carbocycles. The molecule has 1 rings (SSSR count). The maximum absolute atomic E-state index is 13.3. The normalized spacial score (nSPS) is 14.1. The number of hydrogen-bond donors (Lipinski definition) is 2. The second kappa shape index (κ2) is 6.78. The number of hydrogen-bond acceptors (Lipinski definition) is 2. The van der Waals surface area contributed by atoms with Gasteiger partial charge in [0.25, 0.3) is 0 Å². The minimum absolute atomic E-state index is 0. The van der Waals surface area contributed by atoms with E-state index in [1.807, 2.05) is 6.92 Å². The Labute approximate surface area is 99.9 Å². The van der Waals surface area contributed by atoms with Crippen LogP contribution >= 0.6 is 12.4 Å². The number of aliphatic hydroxyl groups excluding tert-OH is 1. The van der Waals surface area contributed by atoms with E-state index >= 15 is 0 Å². The Morgan fingerprint density at radius 1 is 1.31 bits per heavy atom. The summed E-state index contributed by atoms with van der Waals surface area (Å²) in [5.41, 5.74) is 5.36. The standard InChI is InChI=1S/C11H15F2NO.ClH/c1-2-4-9(15)11(14)10-7(12)5-3-6-8(10)13;/h3,5-6,9,11,15H,2,4,14H2,1H3;1H/t9-,11-;/m0./s1. The zero-order chi connectivity index (χ0) is 11.4. The highest BCUT2D eigenvalue weighted by Crippen LogP contribution is 2.23. The number of rotatable bonds is 4. The number of halogens is 3. The van der Waals surface area contributed by atoms with Crippen LogP contribution in [0.15, 0.2) is 18.2 Å². The van der Waals surface area contributed by atoms with Gasteiger partial charge in [0.15, 0.2) is 0 Å². The molecule has 0 unspecified atom stereocenters. The molecule has 0 saturated heterocycles. The van der Waals surface area contributed by atoms with Gasteiger partial charge in [0.2, 0.25) is 0 Å². The number of benzene rings is 1. The van der Waals surface area contributed by atoms with Crippen molar-refractivity contribution in [2.45, 2.75) is 31.9 Å². The van der Waals surface area contributed by atoms with Crippen molar-refractivity contribution < 1.29 is 13.9 Å². The summed E-state index contributed by atoms with van der Waals surface area (Å²) in [5.74, 6) is -1.42. The van der Waals surface area contributed by atoms with E-state index in [1.54, 1.807) is 0 Å². The lowest BCUT2D eigenvalue weighted by atomic mass is 9.98. The van der Waals surface area contributed by atoms with Crippen molar-refractivity contribution in [2.24, 2.45) is 5.73 Å². The van der Waals surface area contributed by atoms with Crippen LogP contribution in [0.5, 0.6) is 0 Å². The summed E-state index contributed by atoms with van der Waals surface area (Å²) < 4.78 is 26.5. The lowest BCUT2D eigenvalue weighted by molar-refractivity contribution is 0.131. The summed E-state index contributed by atoms with van der Waals surface area (Å²) in [6.45, 7) is 1.87. The van der Waals surface area contributed by atoms with Gasteiger partial charge < -0.3 is 10.8 Å². The summed E-state index contributed by atoms with van der Waals surface area (Å²) in [4.78, 5) is 0. The van der Waals surface area contributed by atoms with E-state index in [9.17, 15) is 13.9 Å². The molecule has 0 spiro atoms. The van der Waals surface area contributed by atoms with Gasteiger partial charge in [-0.15, -0.1) is 12.4 Å². The Morgan fingerprint density at radius 3 is 2.25 bits per heavy atom. The zero-order valence-electron chi connectivity index (χ0n) is 8.99. The Hall–Kier alpha value is -0.710. The van der Waals surface area contributed by atoms with Gasteiger partial charge in [-0.3, -0.25) is 0 Å². The van der Waals surface area contributed by atoms with Crippen molar-refractivity contribution in [2.75, 3.05) is 0 Å². The number of nitrogens with two attached hydrogens (primary N) is 1. The SMILES string of the molecule is CCC[C@H](O)[C@H](N)c1c(F)cccc1F.Cl. The molecular weight excluding hydrogens is 236 g/mol.